The fourth-order valence-electron chi connectivity index (χ4n) is 3.61. The first-order chi connectivity index (χ1) is 19.0. The molecule has 0 aliphatic heterocycles. The van der Waals surface area contributed by atoms with Crippen LogP contribution in [0.25, 0.3) is 10.9 Å². The molecule has 2 aromatic heterocycles. The van der Waals surface area contributed by atoms with Gasteiger partial charge in [0.05, 0.1) is 29.3 Å². The first-order valence-corrected chi connectivity index (χ1v) is 13.8. The number of nitrogens with one attached hydrogen (secondary N) is 4. The second kappa shape index (κ2) is 18.2. The van der Waals surface area contributed by atoms with E-state index in [0.717, 1.165) is 45.6 Å². The first-order valence-electron chi connectivity index (χ1n) is 12.3. The van der Waals surface area contributed by atoms with E-state index in [-0.39, 0.29) is 11.5 Å². The summed E-state index contributed by atoms with van der Waals surface area (Å²) in [6.45, 7) is 0.865. The minimum atomic E-state index is -0.170. The SMILES string of the molecule is CNCC(SCc1ccccc1)C(OC)OC.CNc1cc(OC)cc2cc(C=O)[nH]c12.S=c1cccc[nH]1. The molecule has 210 valence electrons. The molecule has 0 radical (unpaired) electrons. The van der Waals surface area contributed by atoms with Crippen molar-refractivity contribution in [2.75, 3.05) is 47.3 Å². The number of rotatable bonds is 11. The largest absolute Gasteiger partial charge is 0.497 e. The third kappa shape index (κ3) is 10.9. The maximum atomic E-state index is 10.6. The minimum absolute atomic E-state index is 0.170. The van der Waals surface area contributed by atoms with Crippen molar-refractivity contribution in [1.82, 2.24) is 15.3 Å². The molecule has 2 heterocycles. The van der Waals surface area contributed by atoms with Gasteiger partial charge in [-0.1, -0.05) is 48.6 Å². The predicted octanol–water partition coefficient (Wildman–Crippen LogP) is 5.90. The highest BCUT2D eigenvalue weighted by Crippen LogP contribution is 2.29. The van der Waals surface area contributed by atoms with Crippen LogP contribution in [-0.2, 0) is 15.2 Å². The van der Waals surface area contributed by atoms with Gasteiger partial charge in [0.25, 0.3) is 0 Å². The molecule has 2 aromatic carbocycles. The maximum absolute atomic E-state index is 10.6. The molecule has 0 bridgehead atoms. The number of pyridine rings is 1. The number of anilines is 1. The Labute approximate surface area is 239 Å². The molecular formula is C29H38N4O4S2. The molecule has 0 spiro atoms. The zero-order valence-electron chi connectivity index (χ0n) is 23.0. The quantitative estimate of drug-likeness (QED) is 0.100. The van der Waals surface area contributed by atoms with Gasteiger partial charge >= 0.3 is 0 Å². The Morgan fingerprint density at radius 2 is 1.72 bits per heavy atom. The third-order valence-electron chi connectivity index (χ3n) is 5.52. The average Bonchev–Trinajstić information content (AvgIpc) is 3.41. The van der Waals surface area contributed by atoms with Crippen molar-refractivity contribution in [3.8, 4) is 5.75 Å². The fourth-order valence-corrected chi connectivity index (χ4v) is 5.02. The number of carbonyl (C=O) groups is 1. The molecule has 4 N–H and O–H groups in total. The summed E-state index contributed by atoms with van der Waals surface area (Å²) < 4.78 is 16.6. The Morgan fingerprint density at radius 3 is 2.23 bits per heavy atom. The van der Waals surface area contributed by atoms with Crippen LogP contribution >= 0.6 is 24.0 Å². The molecule has 0 saturated carbocycles. The van der Waals surface area contributed by atoms with Gasteiger partial charge in [-0.2, -0.15) is 0 Å². The van der Waals surface area contributed by atoms with E-state index in [2.05, 4.69) is 44.9 Å². The second-order valence-corrected chi connectivity index (χ2v) is 9.86. The summed E-state index contributed by atoms with van der Waals surface area (Å²) in [7, 11) is 8.75. The van der Waals surface area contributed by atoms with Crippen molar-refractivity contribution in [2.24, 2.45) is 0 Å². The number of ether oxygens (including phenoxy) is 3. The van der Waals surface area contributed by atoms with Crippen LogP contribution in [0.4, 0.5) is 5.69 Å². The molecule has 8 nitrogen and oxygen atoms in total. The van der Waals surface area contributed by atoms with Gasteiger partial charge in [0.2, 0.25) is 0 Å². The Bertz CT molecular complexity index is 1280. The number of hydrogen-bond acceptors (Lipinski definition) is 8. The number of benzene rings is 2. The van der Waals surface area contributed by atoms with E-state index in [1.165, 1.54) is 5.56 Å². The van der Waals surface area contributed by atoms with E-state index in [9.17, 15) is 4.79 Å². The Hall–Kier alpha value is -3.15. The number of H-pyrrole nitrogens is 2. The Balaban J connectivity index is 0.000000221. The summed E-state index contributed by atoms with van der Waals surface area (Å²) in [6, 6.07) is 21.6. The zero-order chi connectivity index (χ0) is 28.5. The molecule has 4 rings (SSSR count). The minimum Gasteiger partial charge on any atom is -0.497 e. The zero-order valence-corrected chi connectivity index (χ0v) is 24.7. The highest BCUT2D eigenvalue weighted by Gasteiger charge is 2.20. The van der Waals surface area contributed by atoms with Crippen molar-refractivity contribution in [3.05, 3.63) is 88.8 Å². The summed E-state index contributed by atoms with van der Waals surface area (Å²) in [4.78, 5) is 16.5. The molecule has 10 heteroatoms. The highest BCUT2D eigenvalue weighted by atomic mass is 32.2. The van der Waals surface area contributed by atoms with E-state index in [1.54, 1.807) is 27.4 Å². The number of aromatic nitrogens is 2. The Morgan fingerprint density at radius 1 is 1.00 bits per heavy atom. The van der Waals surface area contributed by atoms with Crippen LogP contribution in [0.1, 0.15) is 16.1 Å². The monoisotopic (exact) mass is 570 g/mol. The van der Waals surface area contributed by atoms with Crippen molar-refractivity contribution in [3.63, 3.8) is 0 Å². The van der Waals surface area contributed by atoms with Gasteiger partial charge in [0.1, 0.15) is 10.4 Å². The summed E-state index contributed by atoms with van der Waals surface area (Å²) in [5, 5.41) is 7.47. The van der Waals surface area contributed by atoms with Crippen molar-refractivity contribution in [1.29, 1.82) is 0 Å². The summed E-state index contributed by atoms with van der Waals surface area (Å²) >= 11 is 6.60. The number of carbonyl (C=O) groups excluding carboxylic acids is 1. The topological polar surface area (TPSA) is 100 Å². The maximum Gasteiger partial charge on any atom is 0.169 e. The number of aromatic amines is 2. The number of hydrogen-bond donors (Lipinski definition) is 4. The standard InChI is InChI=1S/C13H21NO2S.C11H12N2O2.C5H5NS/c1-14-9-12(13(15-2)16-3)17-10-11-7-5-4-6-8-11;1-12-10-5-9(15-2)4-7-3-8(6-14)13-11(7)10;7-5-3-1-2-4-6-5/h4-8,12-14H,9-10H2,1-3H3;3-6,12-13H,1-2H3;1-4H,(H,6,7). The molecular weight excluding hydrogens is 532 g/mol. The average molecular weight is 571 g/mol. The lowest BCUT2D eigenvalue weighted by Crippen LogP contribution is -2.35. The second-order valence-electron chi connectivity index (χ2n) is 8.19. The molecule has 0 saturated heterocycles. The fraction of sp³-hybridized carbons (Fsp3) is 0.310. The highest BCUT2D eigenvalue weighted by molar-refractivity contribution is 7.99. The summed E-state index contributed by atoms with van der Waals surface area (Å²) in [5.74, 6) is 1.74. The molecule has 0 aliphatic rings. The number of fused-ring (bicyclic) bond motifs is 1. The molecule has 39 heavy (non-hydrogen) atoms. The lowest BCUT2D eigenvalue weighted by atomic mass is 10.2. The summed E-state index contributed by atoms with van der Waals surface area (Å²) in [5.41, 5.74) is 3.72. The lowest BCUT2D eigenvalue weighted by molar-refractivity contribution is -0.101. The van der Waals surface area contributed by atoms with Crippen molar-refractivity contribution < 1.29 is 19.0 Å². The van der Waals surface area contributed by atoms with Gasteiger partial charge < -0.3 is 34.8 Å². The van der Waals surface area contributed by atoms with E-state index < -0.39 is 0 Å². The normalized spacial score (nSPS) is 11.1. The van der Waals surface area contributed by atoms with Gasteiger partial charge in [0, 0.05) is 51.2 Å². The van der Waals surface area contributed by atoms with Gasteiger partial charge in [-0.05, 0) is 36.9 Å². The van der Waals surface area contributed by atoms with Crippen LogP contribution in [0.2, 0.25) is 0 Å². The van der Waals surface area contributed by atoms with E-state index in [0.29, 0.717) is 5.69 Å². The molecule has 1 unspecified atom stereocenters. The van der Waals surface area contributed by atoms with E-state index in [4.69, 9.17) is 26.4 Å². The van der Waals surface area contributed by atoms with Crippen molar-refractivity contribution in [2.45, 2.75) is 17.3 Å². The van der Waals surface area contributed by atoms with Gasteiger partial charge in [0.15, 0.2) is 12.6 Å². The summed E-state index contributed by atoms with van der Waals surface area (Å²) in [6.07, 6.45) is 2.44. The number of thioether (sulfide) groups is 1. The molecule has 0 amide bonds. The predicted molar refractivity (Wildman–Crippen MR) is 165 cm³/mol. The third-order valence-corrected chi connectivity index (χ3v) is 7.09. The van der Waals surface area contributed by atoms with Crippen LogP contribution < -0.4 is 15.4 Å². The number of aldehydes is 1. The van der Waals surface area contributed by atoms with Crippen LogP contribution in [0.3, 0.4) is 0 Å². The van der Waals surface area contributed by atoms with Crippen molar-refractivity contribution >= 4 is 46.9 Å². The van der Waals surface area contributed by atoms with Gasteiger partial charge in [-0.3, -0.25) is 4.79 Å². The lowest BCUT2D eigenvalue weighted by Gasteiger charge is -2.24. The van der Waals surface area contributed by atoms with Crippen LogP contribution in [0.15, 0.2) is 72.9 Å². The van der Waals surface area contributed by atoms with Gasteiger partial charge in [-0.25, -0.2) is 0 Å². The van der Waals surface area contributed by atoms with Crippen LogP contribution in [0.5, 0.6) is 5.75 Å². The molecule has 0 fully saturated rings. The molecule has 1 atom stereocenters. The van der Waals surface area contributed by atoms with Crippen LogP contribution in [-0.4, -0.2) is 69.8 Å². The molecule has 4 aromatic rings. The first kappa shape index (κ1) is 32.1. The van der Waals surface area contributed by atoms with Crippen LogP contribution in [0, 0.1) is 4.64 Å². The van der Waals surface area contributed by atoms with E-state index in [1.807, 2.05) is 68.5 Å². The van der Waals surface area contributed by atoms with E-state index >= 15 is 0 Å². The number of methoxy groups -OCH3 is 3. The Kier molecular flexibility index (Phi) is 15.0. The van der Waals surface area contributed by atoms with Gasteiger partial charge in [-0.15, -0.1) is 11.8 Å². The molecule has 0 aliphatic carbocycles. The smallest absolute Gasteiger partial charge is 0.169 e.